The van der Waals surface area contributed by atoms with Gasteiger partial charge in [-0.3, -0.25) is 5.43 Å². The van der Waals surface area contributed by atoms with Gasteiger partial charge in [-0.05, 0) is 23.1 Å². The minimum Gasteiger partial charge on any atom is -0.385 e. The molecule has 0 bridgehead atoms. The summed E-state index contributed by atoms with van der Waals surface area (Å²) in [6.45, 7) is 7.63. The average Bonchev–Trinajstić information content (AvgIpc) is 2.80. The monoisotopic (exact) mass is 247 g/mol. The molecule has 1 heterocycles. The number of anilines is 1. The number of nitrogens with zero attached hydrogens (tertiary/aromatic N) is 1. The summed E-state index contributed by atoms with van der Waals surface area (Å²) in [5.41, 5.74) is 11.0. The number of benzene rings is 1. The van der Waals surface area contributed by atoms with Crippen LogP contribution in [0.25, 0.3) is 0 Å². The Hall–Kier alpha value is -1.75. The first-order valence-electron chi connectivity index (χ1n) is 6.18. The van der Waals surface area contributed by atoms with E-state index >= 15 is 0 Å². The van der Waals surface area contributed by atoms with Gasteiger partial charge >= 0.3 is 0 Å². The van der Waals surface area contributed by atoms with E-state index in [1.54, 1.807) is 0 Å². The number of nitrogens with one attached hydrogen (secondary N) is 4. The molecule has 5 heteroatoms. The highest BCUT2D eigenvalue weighted by Crippen LogP contribution is 2.16. The van der Waals surface area contributed by atoms with E-state index in [4.69, 9.17) is 0 Å². The van der Waals surface area contributed by atoms with Crippen molar-refractivity contribution in [1.29, 1.82) is 0 Å². The smallest absolute Gasteiger partial charge is 0.143 e. The molecule has 0 spiro atoms. The Morgan fingerprint density at radius 2 is 1.89 bits per heavy atom. The highest BCUT2D eigenvalue weighted by molar-refractivity contribution is 5.84. The molecule has 0 saturated carbocycles. The van der Waals surface area contributed by atoms with E-state index in [0.29, 0.717) is 5.41 Å². The SMILES string of the molecule is CC(C)(C)CNc1ccc(CC2=NNNN2)cc1. The van der Waals surface area contributed by atoms with Crippen LogP contribution in [0, 0.1) is 5.41 Å². The fourth-order valence-electron chi connectivity index (χ4n) is 1.61. The van der Waals surface area contributed by atoms with Gasteiger partial charge in [0.15, 0.2) is 0 Å². The molecule has 4 N–H and O–H groups in total. The Bertz CT molecular complexity index is 416. The van der Waals surface area contributed by atoms with E-state index in [9.17, 15) is 0 Å². The van der Waals surface area contributed by atoms with Crippen molar-refractivity contribution in [3.05, 3.63) is 29.8 Å². The van der Waals surface area contributed by atoms with Crippen LogP contribution < -0.4 is 21.8 Å². The molecule has 0 radical (unpaired) electrons. The van der Waals surface area contributed by atoms with Crippen molar-refractivity contribution in [3.63, 3.8) is 0 Å². The van der Waals surface area contributed by atoms with Gasteiger partial charge in [0.25, 0.3) is 0 Å². The molecule has 0 atom stereocenters. The van der Waals surface area contributed by atoms with Gasteiger partial charge in [0.05, 0.1) is 0 Å². The zero-order valence-electron chi connectivity index (χ0n) is 11.2. The first kappa shape index (κ1) is 12.7. The topological polar surface area (TPSA) is 60.5 Å². The number of hydrogen-bond acceptors (Lipinski definition) is 5. The van der Waals surface area contributed by atoms with Crippen molar-refractivity contribution < 1.29 is 0 Å². The lowest BCUT2D eigenvalue weighted by atomic mass is 9.97. The number of amidine groups is 1. The molecule has 0 fully saturated rings. The van der Waals surface area contributed by atoms with Crippen molar-refractivity contribution in [2.45, 2.75) is 27.2 Å². The normalized spacial score (nSPS) is 14.7. The van der Waals surface area contributed by atoms with Gasteiger partial charge in [0, 0.05) is 18.7 Å². The molecule has 98 valence electrons. The summed E-state index contributed by atoms with van der Waals surface area (Å²) >= 11 is 0. The highest BCUT2D eigenvalue weighted by atomic mass is 15.8. The predicted octanol–water partition coefficient (Wildman–Crippen LogP) is 1.61. The zero-order valence-corrected chi connectivity index (χ0v) is 11.2. The van der Waals surface area contributed by atoms with Crippen LogP contribution in [0.15, 0.2) is 29.4 Å². The molecule has 1 aliphatic heterocycles. The predicted molar refractivity (Wildman–Crippen MR) is 74.9 cm³/mol. The number of rotatable bonds is 4. The van der Waals surface area contributed by atoms with Gasteiger partial charge < -0.3 is 5.32 Å². The molecular formula is C13H21N5. The molecule has 0 aromatic heterocycles. The molecule has 0 unspecified atom stereocenters. The van der Waals surface area contributed by atoms with Crippen LogP contribution in [0.2, 0.25) is 0 Å². The van der Waals surface area contributed by atoms with E-state index < -0.39 is 0 Å². The molecule has 18 heavy (non-hydrogen) atoms. The lowest BCUT2D eigenvalue weighted by Gasteiger charge is -2.19. The van der Waals surface area contributed by atoms with Crippen LogP contribution in [0.4, 0.5) is 5.69 Å². The summed E-state index contributed by atoms with van der Waals surface area (Å²) < 4.78 is 0. The van der Waals surface area contributed by atoms with Crippen molar-refractivity contribution in [2.75, 3.05) is 11.9 Å². The van der Waals surface area contributed by atoms with E-state index in [1.165, 1.54) is 5.56 Å². The Kier molecular flexibility index (Phi) is 3.72. The van der Waals surface area contributed by atoms with Crippen molar-refractivity contribution >= 4 is 11.5 Å². The molecule has 5 nitrogen and oxygen atoms in total. The van der Waals surface area contributed by atoms with E-state index in [1.807, 2.05) is 0 Å². The summed E-state index contributed by atoms with van der Waals surface area (Å²) in [7, 11) is 0. The zero-order chi connectivity index (χ0) is 13.0. The van der Waals surface area contributed by atoms with Gasteiger partial charge in [0.1, 0.15) is 5.84 Å². The third-order valence-electron chi connectivity index (χ3n) is 2.60. The molecular weight excluding hydrogens is 226 g/mol. The quantitative estimate of drug-likeness (QED) is 0.653. The van der Waals surface area contributed by atoms with Crippen LogP contribution >= 0.6 is 0 Å². The molecule has 1 aliphatic rings. The lowest BCUT2D eigenvalue weighted by molar-refractivity contribution is 0.443. The second kappa shape index (κ2) is 5.27. The first-order chi connectivity index (χ1) is 8.53. The van der Waals surface area contributed by atoms with Crippen LogP contribution in [0.3, 0.4) is 0 Å². The van der Waals surface area contributed by atoms with Crippen LogP contribution in [0.5, 0.6) is 0 Å². The number of hydrazine groups is 2. The van der Waals surface area contributed by atoms with E-state index in [0.717, 1.165) is 24.5 Å². The lowest BCUT2D eigenvalue weighted by Crippen LogP contribution is -2.35. The van der Waals surface area contributed by atoms with Gasteiger partial charge in [-0.25, -0.2) is 5.53 Å². The Balaban J connectivity index is 1.89. The first-order valence-corrected chi connectivity index (χ1v) is 6.18. The standard InChI is InChI=1S/C13H21N5/c1-13(2,3)9-14-11-6-4-10(5-7-11)8-12-15-17-18-16-12/h4-7,14,17-18H,8-9H2,1-3H3,(H,15,16). The average molecular weight is 247 g/mol. The molecule has 1 aromatic carbocycles. The molecule has 0 amide bonds. The second-order valence-corrected chi connectivity index (χ2v) is 5.71. The fourth-order valence-corrected chi connectivity index (χ4v) is 1.61. The maximum atomic E-state index is 4.05. The van der Waals surface area contributed by atoms with E-state index in [-0.39, 0.29) is 0 Å². The fraction of sp³-hybridized carbons (Fsp3) is 0.462. The summed E-state index contributed by atoms with van der Waals surface area (Å²) in [5, 5.41) is 7.49. The van der Waals surface area contributed by atoms with Crippen molar-refractivity contribution in [3.8, 4) is 0 Å². The highest BCUT2D eigenvalue weighted by Gasteiger charge is 2.09. The Morgan fingerprint density at radius 3 is 2.44 bits per heavy atom. The van der Waals surface area contributed by atoms with E-state index in [2.05, 4.69) is 72.0 Å². The number of hydrogen-bond donors (Lipinski definition) is 4. The Labute approximate surface area is 108 Å². The van der Waals surface area contributed by atoms with Gasteiger partial charge in [-0.2, -0.15) is 0 Å². The third kappa shape index (κ3) is 3.92. The molecule has 2 rings (SSSR count). The minimum absolute atomic E-state index is 0.290. The van der Waals surface area contributed by atoms with Gasteiger partial charge in [-0.15, -0.1) is 10.6 Å². The second-order valence-electron chi connectivity index (χ2n) is 5.71. The summed E-state index contributed by atoms with van der Waals surface area (Å²) in [6, 6.07) is 8.45. The van der Waals surface area contributed by atoms with Crippen molar-refractivity contribution in [2.24, 2.45) is 10.5 Å². The molecule has 0 saturated heterocycles. The minimum atomic E-state index is 0.290. The van der Waals surface area contributed by atoms with Crippen LogP contribution in [-0.2, 0) is 6.42 Å². The van der Waals surface area contributed by atoms with Gasteiger partial charge in [0.2, 0.25) is 0 Å². The summed E-state index contributed by atoms with van der Waals surface area (Å²) in [4.78, 5) is 0. The molecule has 0 aliphatic carbocycles. The summed E-state index contributed by atoms with van der Waals surface area (Å²) in [6.07, 6.45) is 0.791. The number of hydrazone groups is 1. The van der Waals surface area contributed by atoms with Gasteiger partial charge in [-0.1, -0.05) is 32.9 Å². The van der Waals surface area contributed by atoms with Crippen LogP contribution in [0.1, 0.15) is 26.3 Å². The van der Waals surface area contributed by atoms with Crippen LogP contribution in [-0.4, -0.2) is 12.4 Å². The Morgan fingerprint density at radius 1 is 1.17 bits per heavy atom. The summed E-state index contributed by atoms with van der Waals surface area (Å²) in [5.74, 6) is 0.894. The largest absolute Gasteiger partial charge is 0.385 e. The maximum absolute atomic E-state index is 4.05. The maximum Gasteiger partial charge on any atom is 0.143 e. The third-order valence-corrected chi connectivity index (χ3v) is 2.60. The molecule has 1 aromatic rings. The van der Waals surface area contributed by atoms with Crippen molar-refractivity contribution in [1.82, 2.24) is 16.5 Å².